The number of ether oxygens (including phenoxy) is 3. The Labute approximate surface area is 246 Å². The molecule has 4 N–H and O–H groups in total. The molecular weight excluding hydrogens is 543 g/mol. The molecule has 0 radical (unpaired) electrons. The van der Waals surface area contributed by atoms with Gasteiger partial charge in [-0.25, -0.2) is 0 Å². The minimum absolute atomic E-state index is 0. The van der Waals surface area contributed by atoms with E-state index in [9.17, 15) is 14.4 Å². The summed E-state index contributed by atoms with van der Waals surface area (Å²) in [5.41, 5.74) is 11.2. The van der Waals surface area contributed by atoms with Crippen LogP contribution in [0.25, 0.3) is 0 Å². The fraction of sp³-hybridized carbons (Fsp3) is 0.897. The van der Waals surface area contributed by atoms with Crippen LogP contribution in [0.15, 0.2) is 0 Å². The molecule has 0 unspecified atom stereocenters. The van der Waals surface area contributed by atoms with Crippen LogP contribution in [-0.2, 0) is 28.6 Å². The molecule has 10 heteroatoms. The Morgan fingerprint density at radius 2 is 1.54 bits per heavy atom. The van der Waals surface area contributed by atoms with E-state index < -0.39 is 0 Å². The third-order valence-corrected chi connectivity index (χ3v) is 11.4. The molecular formula is C29H50Cl2N2O6. The lowest BCUT2D eigenvalue weighted by Crippen LogP contribution is -2.60. The zero-order valence-corrected chi connectivity index (χ0v) is 25.7. The van der Waals surface area contributed by atoms with Crippen molar-refractivity contribution in [3.05, 3.63) is 0 Å². The number of esters is 3. The maximum atomic E-state index is 12.6. The Balaban J connectivity index is 0.00000267. The average Bonchev–Trinajstić information content (AvgIpc) is 3.25. The molecule has 4 aliphatic rings. The lowest BCUT2D eigenvalue weighted by Gasteiger charge is -2.62. The van der Waals surface area contributed by atoms with Gasteiger partial charge in [-0.3, -0.25) is 14.4 Å². The molecule has 0 aromatic carbocycles. The van der Waals surface area contributed by atoms with Gasteiger partial charge in [-0.1, -0.05) is 20.8 Å². The Kier molecular flexibility index (Phi) is 12.0. The summed E-state index contributed by atoms with van der Waals surface area (Å²) in [6.45, 7) is 6.85. The van der Waals surface area contributed by atoms with E-state index in [1.165, 1.54) is 13.5 Å². The highest BCUT2D eigenvalue weighted by atomic mass is 35.5. The maximum Gasteiger partial charge on any atom is 0.319 e. The first kappa shape index (κ1) is 34.1. The number of hydrogen-bond acceptors (Lipinski definition) is 8. The highest BCUT2D eigenvalue weighted by Gasteiger charge is 2.65. The molecule has 0 aromatic rings. The van der Waals surface area contributed by atoms with E-state index in [1.54, 1.807) is 0 Å². The predicted molar refractivity (Wildman–Crippen MR) is 153 cm³/mol. The predicted octanol–water partition coefficient (Wildman–Crippen LogP) is 4.43. The number of methoxy groups -OCH3 is 1. The number of nitrogens with two attached hydrogens (primary N) is 2. The Bertz CT molecular complexity index is 877. The van der Waals surface area contributed by atoms with Crippen molar-refractivity contribution < 1.29 is 28.6 Å². The summed E-state index contributed by atoms with van der Waals surface area (Å²) >= 11 is 0. The maximum absolute atomic E-state index is 12.6. The monoisotopic (exact) mass is 592 g/mol. The van der Waals surface area contributed by atoms with Gasteiger partial charge in [-0.2, -0.15) is 0 Å². The molecule has 10 atom stereocenters. The van der Waals surface area contributed by atoms with Crippen LogP contribution in [0, 0.1) is 46.3 Å². The average molecular weight is 594 g/mol. The highest BCUT2D eigenvalue weighted by Crippen LogP contribution is 2.69. The zero-order chi connectivity index (χ0) is 27.0. The summed E-state index contributed by atoms with van der Waals surface area (Å²) in [6.07, 6.45) is 9.18. The van der Waals surface area contributed by atoms with Gasteiger partial charge in [0.05, 0.1) is 20.2 Å². The molecule has 39 heavy (non-hydrogen) atoms. The van der Waals surface area contributed by atoms with Gasteiger partial charge in [0.1, 0.15) is 12.2 Å². The molecule has 0 aliphatic heterocycles. The van der Waals surface area contributed by atoms with Crippen molar-refractivity contribution in [3.8, 4) is 0 Å². The third-order valence-electron chi connectivity index (χ3n) is 11.4. The number of carbonyl (C=O) groups is 3. The minimum Gasteiger partial charge on any atom is -0.469 e. The van der Waals surface area contributed by atoms with Crippen molar-refractivity contribution in [1.29, 1.82) is 0 Å². The normalized spacial score (nSPS) is 39.4. The van der Waals surface area contributed by atoms with Crippen LogP contribution in [0.3, 0.4) is 0 Å². The molecule has 4 rings (SSSR count). The first-order chi connectivity index (χ1) is 17.6. The summed E-state index contributed by atoms with van der Waals surface area (Å²) in [7, 11) is 1.44. The smallest absolute Gasteiger partial charge is 0.319 e. The van der Waals surface area contributed by atoms with Gasteiger partial charge in [0.25, 0.3) is 0 Å². The van der Waals surface area contributed by atoms with Crippen molar-refractivity contribution in [3.63, 3.8) is 0 Å². The highest BCUT2D eigenvalue weighted by molar-refractivity contribution is 5.85. The van der Waals surface area contributed by atoms with Crippen LogP contribution in [-0.4, -0.2) is 50.3 Å². The van der Waals surface area contributed by atoms with Crippen LogP contribution in [0.2, 0.25) is 0 Å². The van der Waals surface area contributed by atoms with E-state index in [0.29, 0.717) is 41.9 Å². The summed E-state index contributed by atoms with van der Waals surface area (Å²) in [5.74, 6) is 1.95. The zero-order valence-electron chi connectivity index (χ0n) is 24.0. The van der Waals surface area contributed by atoms with Crippen molar-refractivity contribution in [2.45, 2.75) is 97.2 Å². The second kappa shape index (κ2) is 13.7. The number of rotatable bonds is 8. The van der Waals surface area contributed by atoms with E-state index in [0.717, 1.165) is 51.4 Å². The van der Waals surface area contributed by atoms with Crippen molar-refractivity contribution >= 4 is 42.7 Å². The number of halogens is 2. The van der Waals surface area contributed by atoms with Crippen LogP contribution in [0.1, 0.15) is 85.0 Å². The lowest BCUT2D eigenvalue weighted by atomic mass is 9.43. The fourth-order valence-corrected chi connectivity index (χ4v) is 9.49. The topological polar surface area (TPSA) is 131 Å². The van der Waals surface area contributed by atoms with Crippen molar-refractivity contribution in [2.75, 3.05) is 20.2 Å². The summed E-state index contributed by atoms with van der Waals surface area (Å²) in [6, 6.07) is 0. The van der Waals surface area contributed by atoms with Gasteiger partial charge < -0.3 is 25.7 Å². The van der Waals surface area contributed by atoms with E-state index in [4.69, 9.17) is 25.7 Å². The second-order valence-electron chi connectivity index (χ2n) is 12.8. The standard InChI is InChI=1S/C29H48N2O6.2ClH/c1-17(5-10-25(32)35-4)21-8-9-22-20-7-6-18-13-19(36-26(33)15-30)11-12-28(18,2)23(20)14-24(29(21,22)3)37-27(34)16-31;;/h17-24H,5-16,30-31H2,1-4H3;2*1H/t17-,18-,19-,20+,21-,22+,23+,24+,28+,29-;;/m1../s1. The van der Waals surface area contributed by atoms with Gasteiger partial charge in [-0.15, -0.1) is 24.8 Å². The largest absolute Gasteiger partial charge is 0.469 e. The molecule has 4 saturated carbocycles. The van der Waals surface area contributed by atoms with Crippen molar-refractivity contribution in [1.82, 2.24) is 0 Å². The molecule has 0 aromatic heterocycles. The fourth-order valence-electron chi connectivity index (χ4n) is 9.49. The first-order valence-corrected chi connectivity index (χ1v) is 14.4. The lowest BCUT2D eigenvalue weighted by molar-refractivity contribution is -0.198. The molecule has 4 fully saturated rings. The Morgan fingerprint density at radius 1 is 0.872 bits per heavy atom. The molecule has 0 amide bonds. The molecule has 4 aliphatic carbocycles. The first-order valence-electron chi connectivity index (χ1n) is 14.4. The summed E-state index contributed by atoms with van der Waals surface area (Å²) in [5, 5.41) is 0. The molecule has 0 bridgehead atoms. The number of hydrogen-bond donors (Lipinski definition) is 2. The van der Waals surface area contributed by atoms with E-state index >= 15 is 0 Å². The van der Waals surface area contributed by atoms with Crippen LogP contribution in [0.4, 0.5) is 0 Å². The van der Waals surface area contributed by atoms with Gasteiger partial charge in [0.2, 0.25) is 0 Å². The molecule has 8 nitrogen and oxygen atoms in total. The SMILES string of the molecule is COC(=O)CC[C@@H](C)[C@H]1CC[C@H]2[C@@H]3CC[C@@H]4C[C@H](OC(=O)CN)CC[C@]4(C)[C@H]3C[C@H](OC(=O)CN)[C@]12C.Cl.Cl. The quantitative estimate of drug-likeness (QED) is 0.312. The van der Waals surface area contributed by atoms with Gasteiger partial charge in [0, 0.05) is 11.8 Å². The molecule has 0 saturated heterocycles. The summed E-state index contributed by atoms with van der Waals surface area (Å²) in [4.78, 5) is 36.3. The molecule has 226 valence electrons. The number of carbonyl (C=O) groups excluding carboxylic acids is 3. The second-order valence-corrected chi connectivity index (χ2v) is 12.8. The third kappa shape index (κ3) is 6.39. The minimum atomic E-state index is -0.328. The van der Waals surface area contributed by atoms with E-state index in [-0.39, 0.29) is 78.8 Å². The number of fused-ring (bicyclic) bond motifs is 5. The Hall–Kier alpha value is -1.09. The van der Waals surface area contributed by atoms with Gasteiger partial charge in [0.15, 0.2) is 0 Å². The van der Waals surface area contributed by atoms with E-state index in [1.807, 2.05) is 0 Å². The summed E-state index contributed by atoms with van der Waals surface area (Å²) < 4.78 is 16.8. The molecule has 0 spiro atoms. The van der Waals surface area contributed by atoms with Crippen LogP contribution in [0.5, 0.6) is 0 Å². The van der Waals surface area contributed by atoms with Gasteiger partial charge >= 0.3 is 17.9 Å². The van der Waals surface area contributed by atoms with Crippen LogP contribution >= 0.6 is 24.8 Å². The van der Waals surface area contributed by atoms with Crippen LogP contribution < -0.4 is 11.5 Å². The molecule has 0 heterocycles. The van der Waals surface area contributed by atoms with E-state index in [2.05, 4.69) is 20.8 Å². The Morgan fingerprint density at radius 3 is 2.18 bits per heavy atom. The van der Waals surface area contributed by atoms with Crippen molar-refractivity contribution in [2.24, 2.45) is 57.8 Å². The van der Waals surface area contributed by atoms with Gasteiger partial charge in [-0.05, 0) is 98.7 Å².